The van der Waals surface area contributed by atoms with Gasteiger partial charge < -0.3 is 15.0 Å². The van der Waals surface area contributed by atoms with E-state index in [1.165, 1.54) is 18.5 Å². The van der Waals surface area contributed by atoms with Crippen LogP contribution in [0.25, 0.3) is 0 Å². The normalized spacial score (nSPS) is 24.1. The number of hydrogen-bond acceptors (Lipinski definition) is 4. The van der Waals surface area contributed by atoms with Crippen LogP contribution in [-0.2, 0) is 0 Å². The van der Waals surface area contributed by atoms with Crippen molar-refractivity contribution in [2.75, 3.05) is 24.5 Å². The number of ether oxygens (including phenoxy) is 1. The third kappa shape index (κ3) is 2.79. The highest BCUT2D eigenvalue weighted by atomic mass is 16.5. The van der Waals surface area contributed by atoms with Crippen LogP contribution in [0.4, 0.5) is 5.69 Å². The summed E-state index contributed by atoms with van der Waals surface area (Å²) in [5.41, 5.74) is 1.17. The maximum absolute atomic E-state index is 5.92. The highest BCUT2D eigenvalue weighted by Crippen LogP contribution is 2.31. The van der Waals surface area contributed by atoms with E-state index in [1.54, 1.807) is 6.20 Å². The van der Waals surface area contributed by atoms with Crippen molar-refractivity contribution in [1.29, 1.82) is 0 Å². The van der Waals surface area contributed by atoms with Gasteiger partial charge in [0.25, 0.3) is 0 Å². The number of aromatic nitrogens is 1. The zero-order valence-corrected chi connectivity index (χ0v) is 12.6. The Kier molecular flexibility index (Phi) is 3.69. The Morgan fingerprint density at radius 1 is 1.05 bits per heavy atom. The number of benzene rings is 1. The van der Waals surface area contributed by atoms with Crippen LogP contribution in [0.2, 0.25) is 0 Å². The fourth-order valence-corrected chi connectivity index (χ4v) is 3.50. The number of nitrogens with zero attached hydrogens (tertiary/aromatic N) is 2. The Labute approximate surface area is 131 Å². The minimum absolute atomic E-state index is 0.576. The van der Waals surface area contributed by atoms with Gasteiger partial charge in [-0.25, -0.2) is 0 Å². The Hall–Kier alpha value is -2.07. The molecule has 1 N–H and O–H groups in total. The summed E-state index contributed by atoms with van der Waals surface area (Å²) in [5.74, 6) is 2.40. The van der Waals surface area contributed by atoms with Crippen LogP contribution in [-0.4, -0.2) is 30.7 Å². The summed E-state index contributed by atoms with van der Waals surface area (Å²) in [7, 11) is 0. The summed E-state index contributed by atoms with van der Waals surface area (Å²) in [6.45, 7) is 3.33. The molecule has 1 aromatic carbocycles. The van der Waals surface area contributed by atoms with E-state index in [1.807, 2.05) is 36.5 Å². The van der Waals surface area contributed by atoms with E-state index < -0.39 is 0 Å². The molecule has 2 bridgehead atoms. The van der Waals surface area contributed by atoms with Crippen molar-refractivity contribution in [3.8, 4) is 11.5 Å². The van der Waals surface area contributed by atoms with Gasteiger partial charge in [-0.2, -0.15) is 0 Å². The monoisotopic (exact) mass is 295 g/mol. The average Bonchev–Trinajstić information content (AvgIpc) is 2.92. The zero-order valence-electron chi connectivity index (χ0n) is 12.6. The first-order valence-electron chi connectivity index (χ1n) is 8.04. The molecule has 4 heteroatoms. The van der Waals surface area contributed by atoms with E-state index in [0.717, 1.165) is 37.1 Å². The van der Waals surface area contributed by atoms with Crippen LogP contribution in [0.5, 0.6) is 11.5 Å². The molecule has 1 aromatic heterocycles. The second-order valence-electron chi connectivity index (χ2n) is 6.20. The molecule has 3 aliphatic heterocycles. The van der Waals surface area contributed by atoms with Crippen LogP contribution in [0, 0.1) is 5.92 Å². The molecule has 114 valence electrons. The Morgan fingerprint density at radius 3 is 2.86 bits per heavy atom. The maximum atomic E-state index is 5.92. The van der Waals surface area contributed by atoms with Gasteiger partial charge in [0.05, 0.1) is 18.1 Å². The van der Waals surface area contributed by atoms with Crippen molar-refractivity contribution in [3.05, 3.63) is 48.8 Å². The standard InChI is InChI=1S/C18H21N3O/c1-2-4-17(5-3-1)22-18-8-16(11-20-12-18)21-13-14-6-7-15(21)10-19-9-14/h1-5,8,11-12,14-15,19H,6-7,9-10,13H2. The fraction of sp³-hybridized carbons (Fsp3) is 0.389. The molecular formula is C18H21N3O. The van der Waals surface area contributed by atoms with Gasteiger partial charge in [-0.15, -0.1) is 0 Å². The molecule has 22 heavy (non-hydrogen) atoms. The van der Waals surface area contributed by atoms with Gasteiger partial charge in [0.15, 0.2) is 0 Å². The summed E-state index contributed by atoms with van der Waals surface area (Å²) < 4.78 is 5.92. The number of anilines is 1. The molecular weight excluding hydrogens is 274 g/mol. The van der Waals surface area contributed by atoms with Crippen LogP contribution in [0.15, 0.2) is 48.8 Å². The lowest BCUT2D eigenvalue weighted by Gasteiger charge is -2.37. The lowest BCUT2D eigenvalue weighted by molar-refractivity contribution is 0.405. The molecule has 3 fully saturated rings. The largest absolute Gasteiger partial charge is 0.456 e. The molecule has 2 atom stereocenters. The SMILES string of the molecule is c1ccc(Oc2cncc(N3CC4CCC3CNC4)c2)cc1. The highest BCUT2D eigenvalue weighted by Gasteiger charge is 2.31. The quantitative estimate of drug-likeness (QED) is 0.944. The summed E-state index contributed by atoms with van der Waals surface area (Å²) in [6, 6.07) is 12.6. The first kappa shape index (κ1) is 13.6. The molecule has 0 amide bonds. The second-order valence-corrected chi connectivity index (χ2v) is 6.20. The van der Waals surface area contributed by atoms with Crippen LogP contribution >= 0.6 is 0 Å². The van der Waals surface area contributed by atoms with Crippen LogP contribution in [0.3, 0.4) is 0 Å². The minimum Gasteiger partial charge on any atom is -0.456 e. The molecule has 4 heterocycles. The van der Waals surface area contributed by atoms with Gasteiger partial charge in [-0.1, -0.05) is 18.2 Å². The van der Waals surface area contributed by atoms with Crippen LogP contribution in [0.1, 0.15) is 12.8 Å². The number of hydrogen-bond donors (Lipinski definition) is 1. The lowest BCUT2D eigenvalue weighted by Crippen LogP contribution is -2.43. The molecule has 2 aromatic rings. The van der Waals surface area contributed by atoms with Crippen molar-refractivity contribution in [3.63, 3.8) is 0 Å². The fourth-order valence-electron chi connectivity index (χ4n) is 3.50. The van der Waals surface area contributed by atoms with Crippen molar-refractivity contribution >= 4 is 5.69 Å². The molecule has 0 aliphatic carbocycles. The van der Waals surface area contributed by atoms with E-state index in [4.69, 9.17) is 4.74 Å². The van der Waals surface area contributed by atoms with Crippen molar-refractivity contribution in [2.24, 2.45) is 5.92 Å². The summed E-state index contributed by atoms with van der Waals surface area (Å²) in [6.07, 6.45) is 6.34. The van der Waals surface area contributed by atoms with Crippen molar-refractivity contribution < 1.29 is 4.74 Å². The van der Waals surface area contributed by atoms with E-state index in [-0.39, 0.29) is 0 Å². The number of rotatable bonds is 3. The summed E-state index contributed by atoms with van der Waals surface area (Å²) in [5, 5.41) is 3.57. The number of piperidine rings is 1. The number of para-hydroxylation sites is 1. The molecule has 3 saturated heterocycles. The predicted octanol–water partition coefficient (Wildman–Crippen LogP) is 3.06. The summed E-state index contributed by atoms with van der Waals surface area (Å²) >= 11 is 0. The topological polar surface area (TPSA) is 37.4 Å². The maximum Gasteiger partial charge on any atom is 0.147 e. The van der Waals surface area contributed by atoms with Gasteiger partial charge in [0.1, 0.15) is 11.5 Å². The zero-order chi connectivity index (χ0) is 14.8. The molecule has 3 aliphatic rings. The van der Waals surface area contributed by atoms with Gasteiger partial charge in [-0.3, -0.25) is 4.98 Å². The third-order valence-corrected chi connectivity index (χ3v) is 4.63. The molecule has 2 unspecified atom stereocenters. The Balaban J connectivity index is 1.56. The molecule has 0 saturated carbocycles. The van der Waals surface area contributed by atoms with E-state index in [9.17, 15) is 0 Å². The number of pyridine rings is 1. The molecule has 0 radical (unpaired) electrons. The predicted molar refractivity (Wildman–Crippen MR) is 87.5 cm³/mol. The molecule has 4 nitrogen and oxygen atoms in total. The summed E-state index contributed by atoms with van der Waals surface area (Å²) in [4.78, 5) is 6.88. The first-order valence-corrected chi connectivity index (χ1v) is 8.04. The van der Waals surface area contributed by atoms with E-state index in [0.29, 0.717) is 6.04 Å². The highest BCUT2D eigenvalue weighted by molar-refractivity contribution is 5.50. The van der Waals surface area contributed by atoms with Crippen molar-refractivity contribution in [2.45, 2.75) is 18.9 Å². The van der Waals surface area contributed by atoms with Gasteiger partial charge in [-0.05, 0) is 37.4 Å². The van der Waals surface area contributed by atoms with Crippen LogP contribution < -0.4 is 15.0 Å². The second kappa shape index (κ2) is 5.97. The van der Waals surface area contributed by atoms with E-state index in [2.05, 4.69) is 21.3 Å². The van der Waals surface area contributed by atoms with Gasteiger partial charge >= 0.3 is 0 Å². The lowest BCUT2D eigenvalue weighted by atomic mass is 9.94. The van der Waals surface area contributed by atoms with Gasteiger partial charge in [0, 0.05) is 25.2 Å². The third-order valence-electron chi connectivity index (χ3n) is 4.63. The smallest absolute Gasteiger partial charge is 0.147 e. The van der Waals surface area contributed by atoms with E-state index >= 15 is 0 Å². The van der Waals surface area contributed by atoms with Gasteiger partial charge in [0.2, 0.25) is 0 Å². The number of nitrogens with one attached hydrogen (secondary N) is 1. The molecule has 0 spiro atoms. The Bertz CT molecular complexity index is 627. The molecule has 5 rings (SSSR count). The first-order chi connectivity index (χ1) is 10.9. The Morgan fingerprint density at radius 2 is 1.95 bits per heavy atom. The number of fused-ring (bicyclic) bond motifs is 4. The minimum atomic E-state index is 0.576. The van der Waals surface area contributed by atoms with Crippen molar-refractivity contribution in [1.82, 2.24) is 10.3 Å². The average molecular weight is 295 g/mol.